The fraction of sp³-hybridized carbons (Fsp3) is 0.296. The zero-order valence-corrected chi connectivity index (χ0v) is 20.3. The topological polar surface area (TPSA) is 76.0 Å². The number of aliphatic hydroxyl groups is 1. The van der Waals surface area contributed by atoms with Crippen LogP contribution in [0.2, 0.25) is 0 Å². The second-order valence-corrected chi connectivity index (χ2v) is 10.8. The molecule has 1 N–H and O–H groups in total. The minimum atomic E-state index is -4.04. The molecule has 1 heterocycles. The standard InChI is InChI=1S/C27H27F2NO4S/c1-27(2)26(20-13-11-19(12-14-20)18-7-4-3-5-8-18)35(32,33)30-24(34-27)17-21(15-16-31)22-9-6-10-23(28)25(22)29/h3-14,21,26,31H,15-17H2,1-2H3. The molecule has 8 heteroatoms. The van der Waals surface area contributed by atoms with E-state index in [4.69, 9.17) is 4.74 Å². The fourth-order valence-electron chi connectivity index (χ4n) is 4.63. The van der Waals surface area contributed by atoms with Crippen molar-refractivity contribution in [3.8, 4) is 11.1 Å². The number of hydrogen-bond acceptors (Lipinski definition) is 4. The monoisotopic (exact) mass is 499 g/mol. The largest absolute Gasteiger partial charge is 0.472 e. The summed E-state index contributed by atoms with van der Waals surface area (Å²) in [6.45, 7) is 3.04. The van der Waals surface area contributed by atoms with Crippen LogP contribution in [0.4, 0.5) is 8.78 Å². The molecule has 0 fully saturated rings. The van der Waals surface area contributed by atoms with Crippen LogP contribution in [-0.4, -0.2) is 31.6 Å². The first kappa shape index (κ1) is 25.0. The molecule has 0 spiro atoms. The first-order valence-electron chi connectivity index (χ1n) is 11.3. The van der Waals surface area contributed by atoms with Crippen molar-refractivity contribution in [3.63, 3.8) is 0 Å². The number of hydrogen-bond donors (Lipinski definition) is 1. The average Bonchev–Trinajstić information content (AvgIpc) is 2.80. The summed E-state index contributed by atoms with van der Waals surface area (Å²) in [6.07, 6.45) is -0.00311. The number of ether oxygens (including phenoxy) is 1. The minimum Gasteiger partial charge on any atom is -0.472 e. The molecule has 3 aromatic rings. The Morgan fingerprint density at radius 3 is 2.26 bits per heavy atom. The Labute approximate surface area is 204 Å². The lowest BCUT2D eigenvalue weighted by atomic mass is 9.91. The van der Waals surface area contributed by atoms with Crippen molar-refractivity contribution in [3.05, 3.63) is 95.6 Å². The lowest BCUT2D eigenvalue weighted by Gasteiger charge is -2.38. The highest BCUT2D eigenvalue weighted by molar-refractivity contribution is 7.90. The second-order valence-electron chi connectivity index (χ2n) is 9.13. The summed E-state index contributed by atoms with van der Waals surface area (Å²) in [5.41, 5.74) is 1.38. The van der Waals surface area contributed by atoms with Crippen LogP contribution >= 0.6 is 0 Å². The number of aliphatic hydroxyl groups excluding tert-OH is 1. The van der Waals surface area contributed by atoms with Gasteiger partial charge in [0.25, 0.3) is 10.0 Å². The van der Waals surface area contributed by atoms with Crippen molar-refractivity contribution < 1.29 is 27.0 Å². The van der Waals surface area contributed by atoms with Gasteiger partial charge >= 0.3 is 0 Å². The van der Waals surface area contributed by atoms with Crippen LogP contribution in [0.5, 0.6) is 0 Å². The molecular weight excluding hydrogens is 472 g/mol. The summed E-state index contributed by atoms with van der Waals surface area (Å²) >= 11 is 0. The molecule has 1 aliphatic heterocycles. The summed E-state index contributed by atoms with van der Waals surface area (Å²) < 4.78 is 64.8. The highest BCUT2D eigenvalue weighted by Crippen LogP contribution is 2.42. The van der Waals surface area contributed by atoms with Gasteiger partial charge in [0.2, 0.25) is 5.90 Å². The molecular formula is C27H27F2NO4S. The molecule has 2 unspecified atom stereocenters. The first-order chi connectivity index (χ1) is 16.6. The fourth-order valence-corrected chi connectivity index (χ4v) is 6.40. The SMILES string of the molecule is CC1(C)OC(CC(CCO)c2cccc(F)c2F)=NS(=O)(=O)C1c1ccc(-c2ccccc2)cc1. The van der Waals surface area contributed by atoms with Gasteiger partial charge in [0.15, 0.2) is 11.6 Å². The van der Waals surface area contributed by atoms with Gasteiger partial charge in [-0.1, -0.05) is 66.7 Å². The van der Waals surface area contributed by atoms with E-state index in [1.165, 1.54) is 12.1 Å². The normalized spacial score (nSPS) is 19.5. The predicted octanol–water partition coefficient (Wildman–Crippen LogP) is 5.77. The van der Waals surface area contributed by atoms with Crippen molar-refractivity contribution in [2.75, 3.05) is 6.61 Å². The number of rotatable bonds is 7. The van der Waals surface area contributed by atoms with Gasteiger partial charge in [0.05, 0.1) is 0 Å². The third-order valence-electron chi connectivity index (χ3n) is 6.18. The zero-order chi connectivity index (χ0) is 25.2. The highest BCUT2D eigenvalue weighted by atomic mass is 32.2. The molecule has 0 saturated carbocycles. The summed E-state index contributed by atoms with van der Waals surface area (Å²) in [6, 6.07) is 20.8. The van der Waals surface area contributed by atoms with Gasteiger partial charge in [-0.05, 0) is 54.5 Å². The molecule has 3 aromatic carbocycles. The van der Waals surface area contributed by atoms with Gasteiger partial charge in [0, 0.05) is 13.0 Å². The van der Waals surface area contributed by atoms with Crippen LogP contribution in [-0.2, 0) is 14.8 Å². The molecule has 0 bridgehead atoms. The van der Waals surface area contributed by atoms with E-state index < -0.39 is 38.4 Å². The molecule has 5 nitrogen and oxygen atoms in total. The quantitative estimate of drug-likeness (QED) is 0.448. The Hall–Kier alpha value is -3.10. The van der Waals surface area contributed by atoms with Crippen LogP contribution in [0, 0.1) is 11.6 Å². The number of benzene rings is 3. The summed E-state index contributed by atoms with van der Waals surface area (Å²) in [5.74, 6) is -2.83. The van der Waals surface area contributed by atoms with Gasteiger partial charge in [-0.2, -0.15) is 0 Å². The molecule has 0 saturated heterocycles. The Kier molecular flexibility index (Phi) is 7.05. The van der Waals surface area contributed by atoms with E-state index in [1.54, 1.807) is 26.0 Å². The summed E-state index contributed by atoms with van der Waals surface area (Å²) in [7, 11) is -4.04. The molecule has 0 amide bonds. The van der Waals surface area contributed by atoms with Crippen LogP contribution in [0.25, 0.3) is 11.1 Å². The molecule has 184 valence electrons. The van der Waals surface area contributed by atoms with E-state index in [-0.39, 0.29) is 30.9 Å². The number of halogens is 2. The highest BCUT2D eigenvalue weighted by Gasteiger charge is 2.47. The Morgan fingerprint density at radius 2 is 1.63 bits per heavy atom. The lowest BCUT2D eigenvalue weighted by Crippen LogP contribution is -2.43. The molecule has 0 aromatic heterocycles. The van der Waals surface area contributed by atoms with E-state index in [2.05, 4.69) is 4.40 Å². The van der Waals surface area contributed by atoms with Crippen molar-refractivity contribution in [1.29, 1.82) is 0 Å². The van der Waals surface area contributed by atoms with E-state index >= 15 is 0 Å². The smallest absolute Gasteiger partial charge is 0.267 e. The average molecular weight is 500 g/mol. The van der Waals surface area contributed by atoms with Crippen molar-refractivity contribution >= 4 is 15.9 Å². The van der Waals surface area contributed by atoms with Crippen molar-refractivity contribution in [2.45, 2.75) is 43.5 Å². The Balaban J connectivity index is 1.64. The Morgan fingerprint density at radius 1 is 0.971 bits per heavy atom. The van der Waals surface area contributed by atoms with E-state index in [1.807, 2.05) is 42.5 Å². The molecule has 35 heavy (non-hydrogen) atoms. The minimum absolute atomic E-state index is 0.0409. The first-order valence-corrected chi connectivity index (χ1v) is 12.8. The van der Waals surface area contributed by atoms with Gasteiger partial charge in [0.1, 0.15) is 10.9 Å². The van der Waals surface area contributed by atoms with Crippen molar-refractivity contribution in [2.24, 2.45) is 4.40 Å². The number of sulfonamides is 1. The van der Waals surface area contributed by atoms with E-state index in [9.17, 15) is 22.3 Å². The molecule has 2 atom stereocenters. The maximum atomic E-state index is 14.4. The zero-order valence-electron chi connectivity index (χ0n) is 19.5. The lowest BCUT2D eigenvalue weighted by molar-refractivity contribution is 0.0797. The van der Waals surface area contributed by atoms with Gasteiger partial charge < -0.3 is 9.84 Å². The van der Waals surface area contributed by atoms with Gasteiger partial charge in [-0.15, -0.1) is 4.40 Å². The van der Waals surface area contributed by atoms with E-state index in [0.29, 0.717) is 5.56 Å². The number of nitrogens with zero attached hydrogens (tertiary/aromatic N) is 1. The molecule has 0 radical (unpaired) electrons. The molecule has 0 aliphatic carbocycles. The van der Waals surface area contributed by atoms with E-state index in [0.717, 1.165) is 17.2 Å². The van der Waals surface area contributed by atoms with Crippen molar-refractivity contribution in [1.82, 2.24) is 0 Å². The predicted molar refractivity (Wildman–Crippen MR) is 132 cm³/mol. The van der Waals surface area contributed by atoms with Crippen LogP contribution < -0.4 is 0 Å². The van der Waals surface area contributed by atoms with Crippen LogP contribution in [0.1, 0.15) is 49.0 Å². The third kappa shape index (κ3) is 5.28. The summed E-state index contributed by atoms with van der Waals surface area (Å²) in [5, 5.41) is 8.42. The third-order valence-corrected chi connectivity index (χ3v) is 8.07. The molecule has 4 rings (SSSR count). The summed E-state index contributed by atoms with van der Waals surface area (Å²) in [4.78, 5) is 0. The molecule has 1 aliphatic rings. The Bertz CT molecular complexity index is 1320. The van der Waals surface area contributed by atoms with Crippen LogP contribution in [0.15, 0.2) is 77.2 Å². The maximum Gasteiger partial charge on any atom is 0.267 e. The van der Waals surface area contributed by atoms with Gasteiger partial charge in [-0.25, -0.2) is 17.2 Å². The maximum absolute atomic E-state index is 14.4. The second kappa shape index (κ2) is 9.87. The van der Waals surface area contributed by atoms with Gasteiger partial charge in [-0.3, -0.25) is 0 Å². The van der Waals surface area contributed by atoms with Crippen LogP contribution in [0.3, 0.4) is 0 Å².